The molecule has 0 saturated heterocycles. The number of amides is 1. The molecule has 4 aromatic carbocycles. The van der Waals surface area contributed by atoms with E-state index in [1.807, 2.05) is 37.3 Å². The average molecular weight is 624 g/mol. The number of halogens is 3. The second-order valence-corrected chi connectivity index (χ2v) is 9.25. The Balaban J connectivity index is 1.46. The highest BCUT2D eigenvalue weighted by Gasteiger charge is 2.33. The fourth-order valence-corrected chi connectivity index (χ4v) is 4.00. The average Bonchev–Trinajstić information content (AvgIpc) is 3.02. The first kappa shape index (κ1) is 32.3. The van der Waals surface area contributed by atoms with Crippen molar-refractivity contribution in [2.45, 2.75) is 26.6 Å². The van der Waals surface area contributed by atoms with Crippen molar-refractivity contribution in [3.63, 3.8) is 0 Å². The van der Waals surface area contributed by atoms with Crippen LogP contribution in [0.4, 0.5) is 18.9 Å². The molecule has 13 heteroatoms. The molecular formula is C32H28F3N3O7. The van der Waals surface area contributed by atoms with Crippen LogP contribution < -0.4 is 24.4 Å². The van der Waals surface area contributed by atoms with E-state index in [-0.39, 0.29) is 23.7 Å². The van der Waals surface area contributed by atoms with Crippen molar-refractivity contribution in [3.8, 4) is 28.7 Å². The summed E-state index contributed by atoms with van der Waals surface area (Å²) in [6.07, 6.45) is -3.42. The molecule has 0 fully saturated rings. The van der Waals surface area contributed by atoms with Gasteiger partial charge in [-0.25, -0.2) is 5.43 Å². The maximum Gasteiger partial charge on any atom is 0.416 e. The van der Waals surface area contributed by atoms with Gasteiger partial charge in [0, 0.05) is 11.6 Å². The Morgan fingerprint density at radius 3 is 2.18 bits per heavy atom. The van der Waals surface area contributed by atoms with Crippen LogP contribution in [0.2, 0.25) is 0 Å². The Morgan fingerprint density at radius 1 is 0.844 bits per heavy atom. The summed E-state index contributed by atoms with van der Waals surface area (Å²) in [5.74, 6) is 0.142. The van der Waals surface area contributed by atoms with E-state index >= 15 is 0 Å². The summed E-state index contributed by atoms with van der Waals surface area (Å²) in [4.78, 5) is 23.3. The van der Waals surface area contributed by atoms with Gasteiger partial charge in [0.15, 0.2) is 23.0 Å². The number of nitrogens with zero attached hydrogens (tertiary/aromatic N) is 2. The molecule has 0 spiro atoms. The number of nitro groups is 1. The maximum atomic E-state index is 13.1. The topological polar surface area (TPSA) is 122 Å². The first-order chi connectivity index (χ1) is 21.6. The molecule has 0 aliphatic carbocycles. The highest BCUT2D eigenvalue weighted by molar-refractivity contribution is 5.95. The number of carbonyl (C=O) groups is 1. The first-order valence-corrected chi connectivity index (χ1v) is 13.7. The fraction of sp³-hybridized carbons (Fsp3) is 0.188. The van der Waals surface area contributed by atoms with Crippen molar-refractivity contribution in [2.24, 2.45) is 5.10 Å². The zero-order chi connectivity index (χ0) is 32.4. The lowest BCUT2D eigenvalue weighted by atomic mass is 10.1. The highest BCUT2D eigenvalue weighted by atomic mass is 19.4. The lowest BCUT2D eigenvalue weighted by Crippen LogP contribution is -2.17. The van der Waals surface area contributed by atoms with Gasteiger partial charge >= 0.3 is 11.9 Å². The number of benzene rings is 4. The molecule has 234 valence electrons. The third-order valence-electron chi connectivity index (χ3n) is 6.09. The quantitative estimate of drug-likeness (QED) is 0.0927. The number of hydrogen-bond acceptors (Lipinski definition) is 8. The van der Waals surface area contributed by atoms with Crippen LogP contribution in [-0.2, 0) is 12.8 Å². The molecule has 0 bridgehead atoms. The zero-order valence-electron chi connectivity index (χ0n) is 24.2. The molecule has 4 aromatic rings. The van der Waals surface area contributed by atoms with Gasteiger partial charge in [-0.1, -0.05) is 30.3 Å². The van der Waals surface area contributed by atoms with E-state index in [1.54, 1.807) is 25.1 Å². The summed E-state index contributed by atoms with van der Waals surface area (Å²) in [5, 5.41) is 15.4. The number of rotatable bonds is 13. The van der Waals surface area contributed by atoms with Crippen LogP contribution in [-0.4, -0.2) is 30.3 Å². The van der Waals surface area contributed by atoms with Crippen molar-refractivity contribution >= 4 is 17.8 Å². The molecule has 4 rings (SSSR count). The van der Waals surface area contributed by atoms with Crippen molar-refractivity contribution < 1.29 is 41.8 Å². The Morgan fingerprint density at radius 2 is 1.51 bits per heavy atom. The van der Waals surface area contributed by atoms with Crippen molar-refractivity contribution in [3.05, 3.63) is 117 Å². The molecule has 0 aliphatic heterocycles. The number of nitro benzene ring substituents is 1. The molecule has 0 aliphatic rings. The normalized spacial score (nSPS) is 11.2. The van der Waals surface area contributed by atoms with Gasteiger partial charge in [-0.2, -0.15) is 18.3 Å². The second-order valence-electron chi connectivity index (χ2n) is 9.25. The van der Waals surface area contributed by atoms with E-state index < -0.39 is 34.0 Å². The van der Waals surface area contributed by atoms with Crippen LogP contribution in [0.3, 0.4) is 0 Å². The van der Waals surface area contributed by atoms with E-state index in [2.05, 4.69) is 10.5 Å². The van der Waals surface area contributed by atoms with Gasteiger partial charge in [0.25, 0.3) is 5.91 Å². The van der Waals surface area contributed by atoms with Gasteiger partial charge in [0.2, 0.25) is 5.75 Å². The summed E-state index contributed by atoms with van der Waals surface area (Å²) in [6.45, 7) is 4.38. The first-order valence-electron chi connectivity index (χ1n) is 13.7. The predicted molar refractivity (Wildman–Crippen MR) is 159 cm³/mol. The van der Waals surface area contributed by atoms with E-state index in [9.17, 15) is 28.1 Å². The fourth-order valence-electron chi connectivity index (χ4n) is 4.00. The molecule has 0 atom stereocenters. The van der Waals surface area contributed by atoms with Gasteiger partial charge in [-0.05, 0) is 73.5 Å². The van der Waals surface area contributed by atoms with Gasteiger partial charge < -0.3 is 18.9 Å². The third kappa shape index (κ3) is 8.72. The number of carbonyl (C=O) groups excluding carboxylic acids is 1. The molecule has 0 heterocycles. The lowest BCUT2D eigenvalue weighted by Gasteiger charge is -2.14. The standard InChI is InChI=1S/C32H28F3N3O7/c1-3-42-29-16-22(10-13-28(29)45-26-15-12-24(32(33,34)35)18-25(26)38(40)41)19-36-37-31(39)23-11-14-27(30(17-23)43-4-2)44-20-21-8-6-5-7-9-21/h5-19H,3-4,20H2,1-2H3,(H,37,39)/b36-19+. The van der Waals surface area contributed by atoms with Gasteiger partial charge in [0.1, 0.15) is 6.61 Å². The van der Waals surface area contributed by atoms with Crippen LogP contribution in [0, 0.1) is 10.1 Å². The van der Waals surface area contributed by atoms with E-state index in [4.69, 9.17) is 18.9 Å². The highest BCUT2D eigenvalue weighted by Crippen LogP contribution is 2.40. The molecule has 1 amide bonds. The van der Waals surface area contributed by atoms with Crippen LogP contribution in [0.25, 0.3) is 0 Å². The number of ether oxygens (including phenoxy) is 4. The van der Waals surface area contributed by atoms with Crippen molar-refractivity contribution in [2.75, 3.05) is 13.2 Å². The monoisotopic (exact) mass is 623 g/mol. The predicted octanol–water partition coefficient (Wildman–Crippen LogP) is 7.55. The van der Waals surface area contributed by atoms with Crippen LogP contribution in [0.1, 0.15) is 40.9 Å². The molecular weight excluding hydrogens is 595 g/mol. The van der Waals surface area contributed by atoms with Crippen molar-refractivity contribution in [1.29, 1.82) is 0 Å². The van der Waals surface area contributed by atoms with E-state index in [0.717, 1.165) is 11.6 Å². The zero-order valence-corrected chi connectivity index (χ0v) is 24.2. The minimum absolute atomic E-state index is 0.0268. The molecule has 10 nitrogen and oxygen atoms in total. The molecule has 45 heavy (non-hydrogen) atoms. The lowest BCUT2D eigenvalue weighted by molar-refractivity contribution is -0.385. The smallest absolute Gasteiger partial charge is 0.416 e. The Hall–Kier alpha value is -5.59. The number of hydrogen-bond donors (Lipinski definition) is 1. The maximum absolute atomic E-state index is 13.1. The Kier molecular flexibility index (Phi) is 10.6. The van der Waals surface area contributed by atoms with Gasteiger partial charge in [-0.3, -0.25) is 14.9 Å². The Labute approximate surface area is 256 Å². The SMILES string of the molecule is CCOc1cc(C(=O)N/N=C/c2ccc(Oc3ccc(C(F)(F)F)cc3[N+](=O)[O-])c(OCC)c2)ccc1OCc1ccccc1. The van der Waals surface area contributed by atoms with Gasteiger partial charge in [-0.15, -0.1) is 0 Å². The molecule has 0 saturated carbocycles. The van der Waals surface area contributed by atoms with E-state index in [1.165, 1.54) is 24.4 Å². The molecule has 0 aromatic heterocycles. The number of nitrogens with one attached hydrogen (secondary N) is 1. The summed E-state index contributed by atoms with van der Waals surface area (Å²) in [7, 11) is 0. The minimum atomic E-state index is -4.76. The summed E-state index contributed by atoms with van der Waals surface area (Å²) in [6, 6.07) is 20.8. The summed E-state index contributed by atoms with van der Waals surface area (Å²) >= 11 is 0. The number of alkyl halides is 3. The summed E-state index contributed by atoms with van der Waals surface area (Å²) < 4.78 is 61.9. The van der Waals surface area contributed by atoms with Gasteiger partial charge in [0.05, 0.1) is 29.9 Å². The minimum Gasteiger partial charge on any atom is -0.490 e. The van der Waals surface area contributed by atoms with Crippen molar-refractivity contribution in [1.82, 2.24) is 5.43 Å². The Bertz CT molecular complexity index is 1680. The van der Waals surface area contributed by atoms with Crippen LogP contribution >= 0.6 is 0 Å². The second kappa shape index (κ2) is 14.7. The summed E-state index contributed by atoms with van der Waals surface area (Å²) in [5.41, 5.74) is 2.11. The van der Waals surface area contributed by atoms with Crippen LogP contribution in [0.15, 0.2) is 90.0 Å². The molecule has 0 radical (unpaired) electrons. The number of hydrazone groups is 1. The molecule has 1 N–H and O–H groups in total. The molecule has 0 unspecified atom stereocenters. The largest absolute Gasteiger partial charge is 0.490 e. The third-order valence-corrected chi connectivity index (χ3v) is 6.09. The van der Waals surface area contributed by atoms with Crippen LogP contribution in [0.5, 0.6) is 28.7 Å². The van der Waals surface area contributed by atoms with E-state index in [0.29, 0.717) is 42.4 Å².